The lowest BCUT2D eigenvalue weighted by molar-refractivity contribution is -0.144. The summed E-state index contributed by atoms with van der Waals surface area (Å²) in [4.78, 5) is 16.9. The lowest BCUT2D eigenvalue weighted by Crippen LogP contribution is -2.53. The van der Waals surface area contributed by atoms with Crippen LogP contribution in [0.2, 0.25) is 0 Å². The summed E-state index contributed by atoms with van der Waals surface area (Å²) >= 11 is 0. The zero-order chi connectivity index (χ0) is 15.4. The van der Waals surface area contributed by atoms with Crippen LogP contribution in [0.25, 0.3) is 0 Å². The van der Waals surface area contributed by atoms with Crippen molar-refractivity contribution in [1.29, 1.82) is 0 Å². The molecular formula is C16H31N3O2. The van der Waals surface area contributed by atoms with Crippen molar-refractivity contribution in [3.63, 3.8) is 0 Å². The summed E-state index contributed by atoms with van der Waals surface area (Å²) in [6, 6.07) is 0.940. The number of morpholine rings is 1. The summed E-state index contributed by atoms with van der Waals surface area (Å²) in [5.74, 6) is 0.240. The number of ether oxygens (including phenoxy) is 1. The predicted molar refractivity (Wildman–Crippen MR) is 84.3 cm³/mol. The second-order valence-corrected chi connectivity index (χ2v) is 6.87. The van der Waals surface area contributed by atoms with E-state index in [0.717, 1.165) is 26.2 Å². The molecule has 3 unspecified atom stereocenters. The number of carbonyl (C=O) groups is 1. The zero-order valence-electron chi connectivity index (χ0n) is 14.0. The number of amides is 1. The lowest BCUT2D eigenvalue weighted by atomic mass is 10.1. The van der Waals surface area contributed by atoms with E-state index in [9.17, 15) is 4.79 Å². The van der Waals surface area contributed by atoms with Crippen molar-refractivity contribution < 1.29 is 9.53 Å². The monoisotopic (exact) mass is 297 g/mol. The molecule has 0 spiro atoms. The number of carbonyl (C=O) groups excluding carboxylic acids is 1. The van der Waals surface area contributed by atoms with E-state index in [2.05, 4.69) is 24.1 Å². The van der Waals surface area contributed by atoms with Crippen LogP contribution < -0.4 is 5.32 Å². The van der Waals surface area contributed by atoms with Gasteiger partial charge in [0.2, 0.25) is 5.91 Å². The minimum Gasteiger partial charge on any atom is -0.372 e. The third-order valence-corrected chi connectivity index (χ3v) is 4.46. The number of hydrogen-bond donors (Lipinski definition) is 1. The minimum absolute atomic E-state index is 0.140. The maximum atomic E-state index is 12.6. The average Bonchev–Trinajstić information content (AvgIpc) is 2.89. The van der Waals surface area contributed by atoms with Crippen molar-refractivity contribution in [2.45, 2.75) is 64.8 Å². The van der Waals surface area contributed by atoms with E-state index in [-0.39, 0.29) is 18.1 Å². The quantitative estimate of drug-likeness (QED) is 0.825. The summed E-state index contributed by atoms with van der Waals surface area (Å²) in [7, 11) is 0. The van der Waals surface area contributed by atoms with E-state index in [1.165, 1.54) is 12.8 Å². The largest absolute Gasteiger partial charge is 0.372 e. The van der Waals surface area contributed by atoms with E-state index in [0.29, 0.717) is 18.6 Å². The van der Waals surface area contributed by atoms with Crippen LogP contribution in [0.4, 0.5) is 0 Å². The fraction of sp³-hybridized carbons (Fsp3) is 0.938. The molecule has 0 radical (unpaired) electrons. The van der Waals surface area contributed by atoms with Gasteiger partial charge in [-0.1, -0.05) is 0 Å². The normalized spacial score (nSPS) is 30.4. The van der Waals surface area contributed by atoms with Crippen molar-refractivity contribution in [1.82, 2.24) is 15.1 Å². The van der Waals surface area contributed by atoms with Crippen LogP contribution in [0, 0.1) is 0 Å². The Balaban J connectivity index is 1.87. The molecule has 21 heavy (non-hydrogen) atoms. The van der Waals surface area contributed by atoms with Gasteiger partial charge in [-0.3, -0.25) is 9.69 Å². The number of nitrogens with zero attached hydrogens (tertiary/aromatic N) is 2. The zero-order valence-corrected chi connectivity index (χ0v) is 14.0. The molecule has 122 valence electrons. The van der Waals surface area contributed by atoms with Crippen LogP contribution >= 0.6 is 0 Å². The molecule has 2 fully saturated rings. The third kappa shape index (κ3) is 4.94. The Labute approximate surface area is 129 Å². The number of hydrogen-bond acceptors (Lipinski definition) is 4. The molecule has 5 nitrogen and oxygen atoms in total. The molecule has 0 aliphatic carbocycles. The van der Waals surface area contributed by atoms with Gasteiger partial charge < -0.3 is 15.0 Å². The number of nitrogens with one attached hydrogen (secondary N) is 1. The smallest absolute Gasteiger partial charge is 0.236 e. The molecule has 0 bridgehead atoms. The molecule has 0 saturated carbocycles. The van der Waals surface area contributed by atoms with Crippen LogP contribution in [0.15, 0.2) is 0 Å². The van der Waals surface area contributed by atoms with Crippen LogP contribution in [0.1, 0.15) is 40.5 Å². The van der Waals surface area contributed by atoms with Crippen molar-refractivity contribution in [2.24, 2.45) is 0 Å². The summed E-state index contributed by atoms with van der Waals surface area (Å²) in [5, 5.41) is 3.52. The average molecular weight is 297 g/mol. The number of rotatable bonds is 5. The molecule has 0 aromatic rings. The maximum Gasteiger partial charge on any atom is 0.236 e. The van der Waals surface area contributed by atoms with Gasteiger partial charge in [-0.2, -0.15) is 0 Å². The Morgan fingerprint density at radius 2 is 2.00 bits per heavy atom. The van der Waals surface area contributed by atoms with Crippen LogP contribution in [0.3, 0.4) is 0 Å². The SMILES string of the molecule is CC1CN(C(=O)CN(CC2CCCN2)C(C)C)CC(C)O1. The van der Waals surface area contributed by atoms with Crippen molar-refractivity contribution >= 4 is 5.91 Å². The van der Waals surface area contributed by atoms with Gasteiger partial charge in [0, 0.05) is 31.7 Å². The first-order valence-corrected chi connectivity index (χ1v) is 8.36. The fourth-order valence-electron chi connectivity index (χ4n) is 3.31. The summed E-state index contributed by atoms with van der Waals surface area (Å²) < 4.78 is 5.71. The summed E-state index contributed by atoms with van der Waals surface area (Å²) in [6.07, 6.45) is 2.76. The van der Waals surface area contributed by atoms with Gasteiger partial charge >= 0.3 is 0 Å². The van der Waals surface area contributed by atoms with Gasteiger partial charge in [-0.05, 0) is 47.1 Å². The Kier molecular flexibility index (Phi) is 6.02. The molecule has 2 heterocycles. The van der Waals surface area contributed by atoms with E-state index in [1.54, 1.807) is 0 Å². The predicted octanol–water partition coefficient (Wildman–Crippen LogP) is 1.08. The molecular weight excluding hydrogens is 266 g/mol. The molecule has 2 aliphatic rings. The first-order chi connectivity index (χ1) is 9.95. The molecule has 2 rings (SSSR count). The van der Waals surface area contributed by atoms with Crippen LogP contribution in [0.5, 0.6) is 0 Å². The molecule has 5 heteroatoms. The first kappa shape index (κ1) is 16.7. The first-order valence-electron chi connectivity index (χ1n) is 8.36. The second-order valence-electron chi connectivity index (χ2n) is 6.87. The summed E-state index contributed by atoms with van der Waals surface area (Å²) in [6.45, 7) is 12.5. The standard InChI is InChI=1S/C16H31N3O2/c1-12(2)18(10-15-6-5-7-17-15)11-16(20)19-8-13(3)21-14(4)9-19/h12-15,17H,5-11H2,1-4H3. The van der Waals surface area contributed by atoms with Gasteiger partial charge in [0.1, 0.15) is 0 Å². The van der Waals surface area contributed by atoms with Crippen LogP contribution in [-0.2, 0) is 9.53 Å². The van der Waals surface area contributed by atoms with Gasteiger partial charge in [0.05, 0.1) is 18.8 Å². The molecule has 0 aromatic carbocycles. The van der Waals surface area contributed by atoms with Gasteiger partial charge in [0.25, 0.3) is 0 Å². The lowest BCUT2D eigenvalue weighted by Gasteiger charge is -2.37. The summed E-state index contributed by atoms with van der Waals surface area (Å²) in [5.41, 5.74) is 0. The Morgan fingerprint density at radius 1 is 1.33 bits per heavy atom. The molecule has 1 N–H and O–H groups in total. The van der Waals surface area contributed by atoms with Crippen molar-refractivity contribution in [2.75, 3.05) is 32.7 Å². The fourth-order valence-corrected chi connectivity index (χ4v) is 3.31. The molecule has 2 aliphatic heterocycles. The van der Waals surface area contributed by atoms with Crippen molar-refractivity contribution in [3.05, 3.63) is 0 Å². The van der Waals surface area contributed by atoms with E-state index >= 15 is 0 Å². The molecule has 1 amide bonds. The highest BCUT2D eigenvalue weighted by molar-refractivity contribution is 5.78. The second kappa shape index (κ2) is 7.56. The molecule has 0 aromatic heterocycles. The highest BCUT2D eigenvalue weighted by atomic mass is 16.5. The van der Waals surface area contributed by atoms with E-state index < -0.39 is 0 Å². The van der Waals surface area contributed by atoms with E-state index in [1.807, 2.05) is 18.7 Å². The van der Waals surface area contributed by atoms with Gasteiger partial charge in [-0.25, -0.2) is 0 Å². The molecule has 2 saturated heterocycles. The van der Waals surface area contributed by atoms with Gasteiger partial charge in [0.15, 0.2) is 0 Å². The van der Waals surface area contributed by atoms with Gasteiger partial charge in [-0.15, -0.1) is 0 Å². The topological polar surface area (TPSA) is 44.8 Å². The Hall–Kier alpha value is -0.650. The highest BCUT2D eigenvalue weighted by Gasteiger charge is 2.28. The third-order valence-electron chi connectivity index (χ3n) is 4.46. The Bertz CT molecular complexity index is 332. The van der Waals surface area contributed by atoms with Crippen LogP contribution in [-0.4, -0.2) is 72.7 Å². The van der Waals surface area contributed by atoms with E-state index in [4.69, 9.17) is 4.74 Å². The molecule has 3 atom stereocenters. The Morgan fingerprint density at radius 3 is 2.52 bits per heavy atom. The van der Waals surface area contributed by atoms with Crippen molar-refractivity contribution in [3.8, 4) is 0 Å². The highest BCUT2D eigenvalue weighted by Crippen LogP contribution is 2.13. The minimum atomic E-state index is 0.140. The maximum absolute atomic E-state index is 12.6.